The Kier molecular flexibility index (Phi) is 4.48. The van der Waals surface area contributed by atoms with Crippen molar-refractivity contribution in [3.05, 3.63) is 11.9 Å². The van der Waals surface area contributed by atoms with E-state index >= 15 is 0 Å². The lowest BCUT2D eigenvalue weighted by molar-refractivity contribution is -0.132. The van der Waals surface area contributed by atoms with E-state index in [9.17, 15) is 9.59 Å². The molecular formula is C18H27N5O2. The number of nitrogens with zero attached hydrogens (tertiary/aromatic N) is 4. The van der Waals surface area contributed by atoms with E-state index in [0.717, 1.165) is 45.1 Å². The largest absolute Gasteiger partial charge is 0.325 e. The Balaban J connectivity index is 1.42. The maximum absolute atomic E-state index is 12.9. The molecule has 0 aromatic carbocycles. The SMILES string of the molecule is O=C1NC2(CCCCCC2)C(=O)N1Cc1cn(CC2CCCC2)nn1. The molecule has 0 unspecified atom stereocenters. The lowest BCUT2D eigenvalue weighted by Gasteiger charge is -2.24. The van der Waals surface area contributed by atoms with Crippen molar-refractivity contribution < 1.29 is 9.59 Å². The lowest BCUT2D eigenvalue weighted by Crippen LogP contribution is -2.46. The number of urea groups is 1. The van der Waals surface area contributed by atoms with Crippen LogP contribution in [0.4, 0.5) is 4.79 Å². The summed E-state index contributed by atoms with van der Waals surface area (Å²) in [6, 6.07) is -0.280. The molecule has 3 aliphatic rings. The van der Waals surface area contributed by atoms with Crippen molar-refractivity contribution in [2.45, 2.75) is 82.8 Å². The number of carbonyl (C=O) groups excluding carboxylic acids is 2. The number of aromatic nitrogens is 3. The van der Waals surface area contributed by atoms with Crippen LogP contribution in [0.2, 0.25) is 0 Å². The highest BCUT2D eigenvalue weighted by atomic mass is 16.2. The fourth-order valence-electron chi connectivity index (χ4n) is 4.61. The van der Waals surface area contributed by atoms with Gasteiger partial charge >= 0.3 is 6.03 Å². The second kappa shape index (κ2) is 6.77. The average molecular weight is 345 g/mol. The molecule has 1 saturated heterocycles. The predicted molar refractivity (Wildman–Crippen MR) is 91.5 cm³/mol. The van der Waals surface area contributed by atoms with E-state index in [4.69, 9.17) is 0 Å². The van der Waals surface area contributed by atoms with E-state index in [1.54, 1.807) is 0 Å². The van der Waals surface area contributed by atoms with E-state index < -0.39 is 5.54 Å². The number of carbonyl (C=O) groups is 2. The number of imide groups is 1. The van der Waals surface area contributed by atoms with Crippen LogP contribution in [0.1, 0.15) is 69.9 Å². The van der Waals surface area contributed by atoms with Gasteiger partial charge in [-0.15, -0.1) is 5.10 Å². The Bertz CT molecular complexity index is 642. The molecule has 2 saturated carbocycles. The minimum absolute atomic E-state index is 0.0789. The van der Waals surface area contributed by atoms with Crippen LogP contribution >= 0.6 is 0 Å². The average Bonchev–Trinajstić information content (AvgIpc) is 3.26. The van der Waals surface area contributed by atoms with Gasteiger partial charge in [-0.3, -0.25) is 14.4 Å². The molecule has 1 aliphatic heterocycles. The van der Waals surface area contributed by atoms with Crippen molar-refractivity contribution >= 4 is 11.9 Å². The summed E-state index contributed by atoms with van der Waals surface area (Å²) in [4.78, 5) is 26.7. The molecule has 3 amide bonds. The summed E-state index contributed by atoms with van der Waals surface area (Å²) >= 11 is 0. The highest BCUT2D eigenvalue weighted by Crippen LogP contribution is 2.33. The van der Waals surface area contributed by atoms with Gasteiger partial charge in [-0.1, -0.05) is 43.7 Å². The van der Waals surface area contributed by atoms with Gasteiger partial charge < -0.3 is 5.32 Å². The molecule has 4 rings (SSSR count). The molecule has 1 aromatic rings. The van der Waals surface area contributed by atoms with Crippen molar-refractivity contribution in [3.63, 3.8) is 0 Å². The van der Waals surface area contributed by atoms with Gasteiger partial charge in [0, 0.05) is 6.54 Å². The molecule has 136 valence electrons. The smallest absolute Gasteiger partial charge is 0.323 e. The standard InChI is InChI=1S/C18H27N5O2/c24-16-18(9-5-1-2-6-10-18)19-17(25)23(16)13-15-12-22(21-20-15)11-14-7-3-4-8-14/h12,14H,1-11,13H2,(H,19,25). The van der Waals surface area contributed by atoms with Gasteiger partial charge in [0.15, 0.2) is 0 Å². The first-order valence-electron chi connectivity index (χ1n) is 9.69. The van der Waals surface area contributed by atoms with Crippen LogP contribution in [-0.2, 0) is 17.9 Å². The summed E-state index contributed by atoms with van der Waals surface area (Å²) in [6.07, 6.45) is 12.8. The Hall–Kier alpha value is -1.92. The fraction of sp³-hybridized carbons (Fsp3) is 0.778. The van der Waals surface area contributed by atoms with Crippen molar-refractivity contribution in [3.8, 4) is 0 Å². The Morgan fingerprint density at radius 1 is 1.08 bits per heavy atom. The zero-order chi connectivity index (χ0) is 17.3. The topological polar surface area (TPSA) is 80.1 Å². The third kappa shape index (κ3) is 3.28. The minimum Gasteiger partial charge on any atom is -0.323 e. The maximum atomic E-state index is 12.9. The van der Waals surface area contributed by atoms with Gasteiger partial charge in [-0.25, -0.2) is 4.79 Å². The first-order valence-corrected chi connectivity index (χ1v) is 9.69. The molecule has 1 spiro atoms. The molecule has 25 heavy (non-hydrogen) atoms. The highest BCUT2D eigenvalue weighted by molar-refractivity contribution is 6.06. The van der Waals surface area contributed by atoms with Gasteiger partial charge in [0.1, 0.15) is 11.2 Å². The van der Waals surface area contributed by atoms with Gasteiger partial charge in [-0.2, -0.15) is 0 Å². The molecule has 0 atom stereocenters. The third-order valence-electron chi connectivity index (χ3n) is 6.03. The summed E-state index contributed by atoms with van der Waals surface area (Å²) in [5.41, 5.74) is 0.0140. The Morgan fingerprint density at radius 2 is 1.80 bits per heavy atom. The molecule has 1 aromatic heterocycles. The third-order valence-corrected chi connectivity index (χ3v) is 6.03. The molecule has 7 nitrogen and oxygen atoms in total. The molecule has 3 fully saturated rings. The predicted octanol–water partition coefficient (Wildman–Crippen LogP) is 2.61. The van der Waals surface area contributed by atoms with Crippen LogP contribution in [0.25, 0.3) is 0 Å². The van der Waals surface area contributed by atoms with Crippen LogP contribution in [0.3, 0.4) is 0 Å². The van der Waals surface area contributed by atoms with Gasteiger partial charge in [0.2, 0.25) is 0 Å². The second-order valence-electron chi connectivity index (χ2n) is 7.90. The summed E-state index contributed by atoms with van der Waals surface area (Å²) in [7, 11) is 0. The van der Waals surface area contributed by atoms with E-state index in [1.165, 1.54) is 30.6 Å². The summed E-state index contributed by atoms with van der Waals surface area (Å²) < 4.78 is 1.87. The zero-order valence-corrected chi connectivity index (χ0v) is 14.7. The van der Waals surface area contributed by atoms with Gasteiger partial charge in [0.05, 0.1) is 12.7 Å². The molecule has 0 radical (unpaired) electrons. The van der Waals surface area contributed by atoms with Crippen LogP contribution in [-0.4, -0.2) is 37.4 Å². The Morgan fingerprint density at radius 3 is 2.52 bits per heavy atom. The van der Waals surface area contributed by atoms with E-state index in [1.807, 2.05) is 10.9 Å². The summed E-state index contributed by atoms with van der Waals surface area (Å²) in [5.74, 6) is 0.602. The van der Waals surface area contributed by atoms with Crippen molar-refractivity contribution in [2.75, 3.05) is 0 Å². The van der Waals surface area contributed by atoms with Crippen LogP contribution in [0.5, 0.6) is 0 Å². The number of rotatable bonds is 4. The van der Waals surface area contributed by atoms with Crippen molar-refractivity contribution in [1.29, 1.82) is 0 Å². The molecule has 7 heteroatoms. The second-order valence-corrected chi connectivity index (χ2v) is 7.90. The normalized spacial score (nSPS) is 24.1. The van der Waals surface area contributed by atoms with Crippen LogP contribution in [0.15, 0.2) is 6.20 Å². The van der Waals surface area contributed by atoms with E-state index in [0.29, 0.717) is 11.6 Å². The molecule has 0 bridgehead atoms. The van der Waals surface area contributed by atoms with Gasteiger partial charge in [0.25, 0.3) is 5.91 Å². The fourth-order valence-corrected chi connectivity index (χ4v) is 4.61. The van der Waals surface area contributed by atoms with Crippen LogP contribution in [0, 0.1) is 5.92 Å². The first kappa shape index (κ1) is 16.5. The number of hydrogen-bond donors (Lipinski definition) is 1. The van der Waals surface area contributed by atoms with Crippen LogP contribution < -0.4 is 5.32 Å². The maximum Gasteiger partial charge on any atom is 0.325 e. The lowest BCUT2D eigenvalue weighted by atomic mass is 9.90. The van der Waals surface area contributed by atoms with E-state index in [-0.39, 0.29) is 18.5 Å². The number of hydrogen-bond acceptors (Lipinski definition) is 4. The molecule has 2 aliphatic carbocycles. The summed E-state index contributed by atoms with van der Waals surface area (Å²) in [6.45, 7) is 1.11. The highest BCUT2D eigenvalue weighted by Gasteiger charge is 2.50. The van der Waals surface area contributed by atoms with Crippen molar-refractivity contribution in [2.24, 2.45) is 5.92 Å². The van der Waals surface area contributed by atoms with Gasteiger partial charge in [-0.05, 0) is 31.6 Å². The monoisotopic (exact) mass is 345 g/mol. The summed E-state index contributed by atoms with van der Waals surface area (Å²) in [5, 5.41) is 11.3. The molecular weight excluding hydrogens is 318 g/mol. The number of amides is 3. The zero-order valence-electron chi connectivity index (χ0n) is 14.7. The van der Waals surface area contributed by atoms with E-state index in [2.05, 4.69) is 15.6 Å². The molecule has 1 N–H and O–H groups in total. The molecule has 2 heterocycles. The first-order chi connectivity index (χ1) is 12.2. The quantitative estimate of drug-likeness (QED) is 0.851. The van der Waals surface area contributed by atoms with Crippen molar-refractivity contribution in [1.82, 2.24) is 25.2 Å². The number of nitrogens with one attached hydrogen (secondary N) is 1. The Labute approximate surface area is 148 Å². The minimum atomic E-state index is -0.673.